The van der Waals surface area contributed by atoms with Gasteiger partial charge in [-0.2, -0.15) is 0 Å². The minimum absolute atomic E-state index is 0.484. The summed E-state index contributed by atoms with van der Waals surface area (Å²) in [4.78, 5) is 2.68. The van der Waals surface area contributed by atoms with Crippen molar-refractivity contribution in [1.29, 1.82) is 0 Å². The first-order valence-electron chi connectivity index (χ1n) is 9.03. The van der Waals surface area contributed by atoms with E-state index in [0.29, 0.717) is 11.5 Å². The van der Waals surface area contributed by atoms with Gasteiger partial charge >= 0.3 is 0 Å². The minimum Gasteiger partial charge on any atom is -0.379 e. The molecule has 124 valence electrons. The molecule has 3 nitrogen and oxygen atoms in total. The lowest BCUT2D eigenvalue weighted by Crippen LogP contribution is -2.52. The Morgan fingerprint density at radius 2 is 2.14 bits per heavy atom. The van der Waals surface area contributed by atoms with E-state index in [1.807, 2.05) is 0 Å². The molecular weight excluding hydrogens is 260 g/mol. The van der Waals surface area contributed by atoms with Crippen LogP contribution in [0.15, 0.2) is 0 Å². The first-order chi connectivity index (χ1) is 10.0. The van der Waals surface area contributed by atoms with E-state index in [9.17, 15) is 0 Å². The van der Waals surface area contributed by atoms with Crippen LogP contribution >= 0.6 is 0 Å². The molecule has 2 rings (SSSR count). The molecule has 0 aromatic carbocycles. The molecule has 1 N–H and O–H groups in total. The monoisotopic (exact) mass is 296 g/mol. The largest absolute Gasteiger partial charge is 0.379 e. The third-order valence-electron chi connectivity index (χ3n) is 5.28. The maximum absolute atomic E-state index is 5.61. The minimum atomic E-state index is 0.484. The van der Waals surface area contributed by atoms with Crippen LogP contribution in [0.25, 0.3) is 0 Å². The molecule has 0 spiro atoms. The number of hydrogen-bond donors (Lipinski definition) is 1. The Balaban J connectivity index is 1.96. The van der Waals surface area contributed by atoms with Gasteiger partial charge in [-0.3, -0.25) is 4.90 Å². The van der Waals surface area contributed by atoms with Crippen LogP contribution in [0.3, 0.4) is 0 Å². The highest BCUT2D eigenvalue weighted by Crippen LogP contribution is 2.40. The summed E-state index contributed by atoms with van der Waals surface area (Å²) >= 11 is 0. The third kappa shape index (κ3) is 5.22. The van der Waals surface area contributed by atoms with Crippen LogP contribution in [0.4, 0.5) is 0 Å². The van der Waals surface area contributed by atoms with E-state index in [1.54, 1.807) is 0 Å². The van der Waals surface area contributed by atoms with Gasteiger partial charge in [0.2, 0.25) is 0 Å². The maximum Gasteiger partial charge on any atom is 0.0619 e. The zero-order valence-electron chi connectivity index (χ0n) is 14.7. The normalized spacial score (nSPS) is 35.3. The molecular formula is C18H36N2O. The standard InChI is InChI=1S/C18H36N2O/c1-15(2)11-19-13-18(7-5-6-16(3)10-18)14-20-8-9-21-12-17(20)4/h15-17,19H,5-14H2,1-4H3. The fraction of sp³-hybridized carbons (Fsp3) is 1.00. The van der Waals surface area contributed by atoms with Crippen LogP contribution < -0.4 is 5.32 Å². The second-order valence-corrected chi connectivity index (χ2v) is 8.12. The van der Waals surface area contributed by atoms with Crippen molar-refractivity contribution in [3.63, 3.8) is 0 Å². The van der Waals surface area contributed by atoms with Crippen LogP contribution in [-0.4, -0.2) is 50.3 Å². The average Bonchev–Trinajstić information content (AvgIpc) is 2.41. The van der Waals surface area contributed by atoms with E-state index in [4.69, 9.17) is 4.74 Å². The number of nitrogens with one attached hydrogen (secondary N) is 1. The number of rotatable bonds is 6. The molecule has 0 amide bonds. The van der Waals surface area contributed by atoms with E-state index >= 15 is 0 Å². The lowest BCUT2D eigenvalue weighted by Gasteiger charge is -2.46. The fourth-order valence-electron chi connectivity index (χ4n) is 4.18. The highest BCUT2D eigenvalue weighted by atomic mass is 16.5. The first-order valence-corrected chi connectivity index (χ1v) is 9.03. The second kappa shape index (κ2) is 7.94. The summed E-state index contributed by atoms with van der Waals surface area (Å²) in [7, 11) is 0. The van der Waals surface area contributed by atoms with E-state index < -0.39 is 0 Å². The van der Waals surface area contributed by atoms with Gasteiger partial charge in [-0.05, 0) is 43.6 Å². The molecule has 0 aromatic heterocycles. The van der Waals surface area contributed by atoms with Crippen LogP contribution in [0.1, 0.15) is 53.4 Å². The molecule has 0 radical (unpaired) electrons. The van der Waals surface area contributed by atoms with E-state index in [-0.39, 0.29) is 0 Å². The number of ether oxygens (including phenoxy) is 1. The third-order valence-corrected chi connectivity index (χ3v) is 5.28. The summed E-state index contributed by atoms with van der Waals surface area (Å²) in [5.41, 5.74) is 0.484. The second-order valence-electron chi connectivity index (χ2n) is 8.12. The van der Waals surface area contributed by atoms with Gasteiger partial charge in [-0.15, -0.1) is 0 Å². The molecule has 1 aliphatic heterocycles. The van der Waals surface area contributed by atoms with Crippen LogP contribution in [0, 0.1) is 17.3 Å². The van der Waals surface area contributed by atoms with Crippen molar-refractivity contribution in [1.82, 2.24) is 10.2 Å². The highest BCUT2D eigenvalue weighted by molar-refractivity contribution is 4.91. The Morgan fingerprint density at radius 1 is 1.33 bits per heavy atom. The first kappa shape index (κ1) is 17.2. The summed E-state index contributed by atoms with van der Waals surface area (Å²) in [5.74, 6) is 1.63. The Kier molecular flexibility index (Phi) is 6.51. The molecule has 21 heavy (non-hydrogen) atoms. The number of nitrogens with zero attached hydrogens (tertiary/aromatic N) is 1. The topological polar surface area (TPSA) is 24.5 Å². The van der Waals surface area contributed by atoms with Crippen molar-refractivity contribution >= 4 is 0 Å². The average molecular weight is 296 g/mol. The van der Waals surface area contributed by atoms with E-state index in [2.05, 4.69) is 37.9 Å². The molecule has 2 fully saturated rings. The molecule has 0 aromatic rings. The predicted molar refractivity (Wildman–Crippen MR) is 89.6 cm³/mol. The molecule has 3 heteroatoms. The van der Waals surface area contributed by atoms with Gasteiger partial charge in [0.15, 0.2) is 0 Å². The van der Waals surface area contributed by atoms with Gasteiger partial charge in [-0.25, -0.2) is 0 Å². The van der Waals surface area contributed by atoms with Gasteiger partial charge in [0.05, 0.1) is 13.2 Å². The van der Waals surface area contributed by atoms with E-state index in [1.165, 1.54) is 38.8 Å². The summed E-state index contributed by atoms with van der Waals surface area (Å²) in [6.45, 7) is 15.9. The van der Waals surface area contributed by atoms with Crippen molar-refractivity contribution in [3.8, 4) is 0 Å². The summed E-state index contributed by atoms with van der Waals surface area (Å²) < 4.78 is 5.61. The zero-order chi connectivity index (χ0) is 15.3. The van der Waals surface area contributed by atoms with Crippen LogP contribution in [-0.2, 0) is 4.74 Å². The van der Waals surface area contributed by atoms with Crippen LogP contribution in [0.2, 0.25) is 0 Å². The SMILES string of the molecule is CC(C)CNCC1(CN2CCOCC2C)CCCC(C)C1. The Labute approximate surface area is 131 Å². The predicted octanol–water partition coefficient (Wildman–Crippen LogP) is 3.15. The summed E-state index contributed by atoms with van der Waals surface area (Å²) in [5, 5.41) is 3.76. The van der Waals surface area contributed by atoms with Gasteiger partial charge in [0.25, 0.3) is 0 Å². The van der Waals surface area contributed by atoms with Gasteiger partial charge in [0.1, 0.15) is 0 Å². The molecule has 3 unspecified atom stereocenters. The molecule has 1 saturated heterocycles. The lowest BCUT2D eigenvalue weighted by atomic mass is 9.69. The van der Waals surface area contributed by atoms with Crippen molar-refractivity contribution in [3.05, 3.63) is 0 Å². The zero-order valence-corrected chi connectivity index (χ0v) is 14.7. The van der Waals surface area contributed by atoms with E-state index in [0.717, 1.165) is 38.1 Å². The molecule has 3 atom stereocenters. The molecule has 2 aliphatic rings. The molecule has 1 aliphatic carbocycles. The van der Waals surface area contributed by atoms with Crippen molar-refractivity contribution < 1.29 is 4.74 Å². The lowest BCUT2D eigenvalue weighted by molar-refractivity contribution is -0.0307. The maximum atomic E-state index is 5.61. The number of morpholine rings is 1. The smallest absolute Gasteiger partial charge is 0.0619 e. The van der Waals surface area contributed by atoms with Crippen molar-refractivity contribution in [2.45, 2.75) is 59.4 Å². The van der Waals surface area contributed by atoms with Gasteiger partial charge in [0, 0.05) is 25.7 Å². The summed E-state index contributed by atoms with van der Waals surface area (Å²) in [6.07, 6.45) is 5.61. The fourth-order valence-corrected chi connectivity index (χ4v) is 4.18. The Morgan fingerprint density at radius 3 is 2.81 bits per heavy atom. The van der Waals surface area contributed by atoms with Crippen LogP contribution in [0.5, 0.6) is 0 Å². The summed E-state index contributed by atoms with van der Waals surface area (Å²) in [6, 6.07) is 0.581. The highest BCUT2D eigenvalue weighted by Gasteiger charge is 2.37. The van der Waals surface area contributed by atoms with Gasteiger partial charge < -0.3 is 10.1 Å². The van der Waals surface area contributed by atoms with Gasteiger partial charge in [-0.1, -0.05) is 33.6 Å². The van der Waals surface area contributed by atoms with Crippen molar-refractivity contribution in [2.75, 3.05) is 39.4 Å². The Bertz CT molecular complexity index is 308. The molecule has 1 heterocycles. The Hall–Kier alpha value is -0.120. The quantitative estimate of drug-likeness (QED) is 0.815. The molecule has 1 saturated carbocycles. The molecule has 0 bridgehead atoms. The van der Waals surface area contributed by atoms with Crippen molar-refractivity contribution in [2.24, 2.45) is 17.3 Å². The number of hydrogen-bond acceptors (Lipinski definition) is 3.